The molecule has 0 aliphatic carbocycles. The monoisotopic (exact) mass is 314 g/mol. The molecule has 22 heavy (non-hydrogen) atoms. The molecule has 5 nitrogen and oxygen atoms in total. The summed E-state index contributed by atoms with van der Waals surface area (Å²) in [5, 5.41) is 14.1. The number of carbonyl (C=O) groups excluding carboxylic acids is 1. The number of urea groups is 1. The maximum absolute atomic E-state index is 12.8. The highest BCUT2D eigenvalue weighted by molar-refractivity contribution is 5.90. The molecule has 0 fully saturated rings. The highest BCUT2D eigenvalue weighted by atomic mass is 19.4. The quantitative estimate of drug-likeness (QED) is 0.811. The van der Waals surface area contributed by atoms with Crippen molar-refractivity contribution in [2.24, 2.45) is 0 Å². The zero-order valence-electron chi connectivity index (χ0n) is 11.2. The van der Waals surface area contributed by atoms with Crippen LogP contribution in [0.4, 0.5) is 23.7 Å². The van der Waals surface area contributed by atoms with Crippen LogP contribution in [0, 0.1) is 0 Å². The van der Waals surface area contributed by atoms with Crippen LogP contribution < -0.4 is 10.6 Å². The topological polar surface area (TPSA) is 74.5 Å². The minimum absolute atomic E-state index is 0.201. The maximum Gasteiger partial charge on any atom is 0.418 e. The summed E-state index contributed by atoms with van der Waals surface area (Å²) >= 11 is 0. The largest absolute Gasteiger partial charge is 0.467 e. The van der Waals surface area contributed by atoms with E-state index < -0.39 is 23.9 Å². The molecule has 0 saturated heterocycles. The molecule has 3 N–H and O–H groups in total. The molecule has 1 aromatic carbocycles. The number of para-hydroxylation sites is 1. The van der Waals surface area contributed by atoms with Gasteiger partial charge in [-0.25, -0.2) is 4.79 Å². The van der Waals surface area contributed by atoms with Gasteiger partial charge in [-0.15, -0.1) is 0 Å². The van der Waals surface area contributed by atoms with Crippen LogP contribution in [0.3, 0.4) is 0 Å². The third-order valence-electron chi connectivity index (χ3n) is 2.81. The summed E-state index contributed by atoms with van der Waals surface area (Å²) < 4.78 is 43.3. The predicted molar refractivity (Wildman–Crippen MR) is 72.1 cm³/mol. The molecule has 2 aromatic rings. The van der Waals surface area contributed by atoms with E-state index in [-0.39, 0.29) is 18.0 Å². The van der Waals surface area contributed by atoms with E-state index in [1.54, 1.807) is 6.07 Å². The number of aliphatic hydroxyl groups excluding tert-OH is 1. The molecule has 0 spiro atoms. The summed E-state index contributed by atoms with van der Waals surface area (Å²) in [5.41, 5.74) is -1.31. The fourth-order valence-corrected chi connectivity index (χ4v) is 1.78. The molecule has 0 aliphatic rings. The van der Waals surface area contributed by atoms with Crippen molar-refractivity contribution in [3.63, 3.8) is 0 Å². The fraction of sp³-hybridized carbons (Fsp3) is 0.214. The first kappa shape index (κ1) is 15.9. The second-order valence-electron chi connectivity index (χ2n) is 4.41. The molecular weight excluding hydrogens is 301 g/mol. The van der Waals surface area contributed by atoms with Gasteiger partial charge in [0.2, 0.25) is 0 Å². The molecule has 118 valence electrons. The number of rotatable bonds is 4. The second kappa shape index (κ2) is 6.52. The molecule has 0 aliphatic heterocycles. The summed E-state index contributed by atoms with van der Waals surface area (Å²) in [4.78, 5) is 11.6. The molecule has 1 heterocycles. The first-order chi connectivity index (χ1) is 10.4. The Morgan fingerprint density at radius 3 is 2.59 bits per heavy atom. The van der Waals surface area contributed by atoms with Crippen LogP contribution in [0.5, 0.6) is 0 Å². The average molecular weight is 314 g/mol. The van der Waals surface area contributed by atoms with E-state index in [2.05, 4.69) is 10.6 Å². The van der Waals surface area contributed by atoms with Crippen molar-refractivity contribution in [3.05, 3.63) is 54.0 Å². The number of hydrogen-bond donors (Lipinski definition) is 3. The lowest BCUT2D eigenvalue weighted by Crippen LogP contribution is -2.33. The summed E-state index contributed by atoms with van der Waals surface area (Å²) in [6, 6.07) is 6.84. The summed E-state index contributed by atoms with van der Waals surface area (Å²) in [7, 11) is 0. The van der Waals surface area contributed by atoms with Crippen LogP contribution in [0.1, 0.15) is 17.4 Å². The molecule has 1 unspecified atom stereocenters. The molecule has 2 amide bonds. The van der Waals surface area contributed by atoms with Crippen LogP contribution in [-0.4, -0.2) is 17.7 Å². The third kappa shape index (κ3) is 4.01. The lowest BCUT2D eigenvalue weighted by molar-refractivity contribution is -0.136. The van der Waals surface area contributed by atoms with E-state index in [0.717, 1.165) is 12.1 Å². The van der Waals surface area contributed by atoms with Gasteiger partial charge in [-0.2, -0.15) is 13.2 Å². The van der Waals surface area contributed by atoms with Crippen molar-refractivity contribution >= 4 is 11.7 Å². The van der Waals surface area contributed by atoms with Crippen LogP contribution in [0.2, 0.25) is 0 Å². The molecule has 0 radical (unpaired) electrons. The standard InChI is InChI=1S/C14H13F3N2O3/c15-14(16,17)9-4-1-2-5-10(9)19-13(21)18-8-11(20)12-6-3-7-22-12/h1-7,11,20H,8H2,(H2,18,19,21). The Hall–Kier alpha value is -2.48. The van der Waals surface area contributed by atoms with E-state index in [0.29, 0.717) is 0 Å². The van der Waals surface area contributed by atoms with E-state index >= 15 is 0 Å². The number of anilines is 1. The Balaban J connectivity index is 1.95. The molecular formula is C14H13F3N2O3. The van der Waals surface area contributed by atoms with Gasteiger partial charge in [0.1, 0.15) is 11.9 Å². The van der Waals surface area contributed by atoms with Crippen LogP contribution in [0.15, 0.2) is 47.1 Å². The first-order valence-electron chi connectivity index (χ1n) is 6.30. The summed E-state index contributed by atoms with van der Waals surface area (Å²) in [6.45, 7) is -0.201. The number of hydrogen-bond acceptors (Lipinski definition) is 3. The number of furan rings is 1. The highest BCUT2D eigenvalue weighted by Crippen LogP contribution is 2.34. The molecule has 1 aromatic heterocycles. The minimum atomic E-state index is -4.57. The van der Waals surface area contributed by atoms with Gasteiger partial charge >= 0.3 is 12.2 Å². The Labute approximate surface area is 123 Å². The van der Waals surface area contributed by atoms with E-state index in [1.807, 2.05) is 0 Å². The SMILES string of the molecule is O=C(NCC(O)c1ccco1)Nc1ccccc1C(F)(F)F. The number of nitrogens with one attached hydrogen (secondary N) is 2. The highest BCUT2D eigenvalue weighted by Gasteiger charge is 2.33. The van der Waals surface area contributed by atoms with Gasteiger partial charge < -0.3 is 20.2 Å². The summed E-state index contributed by atoms with van der Waals surface area (Å²) in [6.07, 6.45) is -4.30. The Morgan fingerprint density at radius 2 is 1.95 bits per heavy atom. The normalized spacial score (nSPS) is 12.7. The number of amides is 2. The third-order valence-corrected chi connectivity index (χ3v) is 2.81. The van der Waals surface area contributed by atoms with Crippen molar-refractivity contribution in [1.82, 2.24) is 5.32 Å². The van der Waals surface area contributed by atoms with Crippen molar-refractivity contribution in [3.8, 4) is 0 Å². The second-order valence-corrected chi connectivity index (χ2v) is 4.41. The van der Waals surface area contributed by atoms with Gasteiger partial charge in [0, 0.05) is 0 Å². The number of aliphatic hydroxyl groups is 1. The van der Waals surface area contributed by atoms with E-state index in [9.17, 15) is 23.1 Å². The van der Waals surface area contributed by atoms with Gasteiger partial charge in [-0.05, 0) is 24.3 Å². The Kier molecular flexibility index (Phi) is 4.71. The van der Waals surface area contributed by atoms with Crippen LogP contribution in [-0.2, 0) is 6.18 Å². The van der Waals surface area contributed by atoms with Crippen LogP contribution >= 0.6 is 0 Å². The lowest BCUT2D eigenvalue weighted by atomic mass is 10.1. The Morgan fingerprint density at radius 1 is 1.23 bits per heavy atom. The zero-order chi connectivity index (χ0) is 16.2. The molecule has 0 bridgehead atoms. The maximum atomic E-state index is 12.8. The number of carbonyl (C=O) groups is 1. The van der Waals surface area contributed by atoms with Crippen molar-refractivity contribution in [2.45, 2.75) is 12.3 Å². The van der Waals surface area contributed by atoms with Gasteiger partial charge in [-0.1, -0.05) is 12.1 Å². The molecule has 1 atom stereocenters. The van der Waals surface area contributed by atoms with Crippen molar-refractivity contribution in [1.29, 1.82) is 0 Å². The molecule has 8 heteroatoms. The number of alkyl halides is 3. The van der Waals surface area contributed by atoms with Gasteiger partial charge in [0.05, 0.1) is 24.1 Å². The number of benzene rings is 1. The van der Waals surface area contributed by atoms with Gasteiger partial charge in [-0.3, -0.25) is 0 Å². The lowest BCUT2D eigenvalue weighted by Gasteiger charge is -2.15. The van der Waals surface area contributed by atoms with Crippen LogP contribution in [0.25, 0.3) is 0 Å². The predicted octanol–water partition coefficient (Wildman–Crippen LogP) is 3.15. The minimum Gasteiger partial charge on any atom is -0.467 e. The first-order valence-corrected chi connectivity index (χ1v) is 6.30. The van der Waals surface area contributed by atoms with Crippen molar-refractivity contribution < 1.29 is 27.5 Å². The molecule has 2 rings (SSSR count). The number of halogens is 3. The van der Waals surface area contributed by atoms with E-state index in [4.69, 9.17) is 4.42 Å². The Bertz CT molecular complexity index is 627. The molecule has 0 saturated carbocycles. The average Bonchev–Trinajstić information content (AvgIpc) is 2.98. The fourth-order valence-electron chi connectivity index (χ4n) is 1.78. The smallest absolute Gasteiger partial charge is 0.418 e. The van der Waals surface area contributed by atoms with Crippen molar-refractivity contribution in [2.75, 3.05) is 11.9 Å². The zero-order valence-corrected chi connectivity index (χ0v) is 11.2. The van der Waals surface area contributed by atoms with E-state index in [1.165, 1.54) is 24.5 Å². The summed E-state index contributed by atoms with van der Waals surface area (Å²) in [5.74, 6) is 0.246. The van der Waals surface area contributed by atoms with Gasteiger partial charge in [0.25, 0.3) is 0 Å². The van der Waals surface area contributed by atoms with Gasteiger partial charge in [0.15, 0.2) is 0 Å².